The molecule has 0 aromatic heterocycles. The van der Waals surface area contributed by atoms with E-state index in [4.69, 9.17) is 14.2 Å². The summed E-state index contributed by atoms with van der Waals surface area (Å²) in [5.74, 6) is -0.863. The lowest BCUT2D eigenvalue weighted by Gasteiger charge is -2.18. The fraction of sp³-hybridized carbons (Fsp3) is 0.873. The minimum atomic E-state index is -0.768. The quantitative estimate of drug-likeness (QED) is 0.0262. The Labute approximate surface area is 379 Å². The molecular weight excluding hydrogens is 757 g/mol. The standard InChI is InChI=1S/C55H102O6/c1-4-7-10-13-16-19-22-24-26-27-28-30-31-33-36-39-42-45-48-54(57)60-51-52(50-59-53(56)47-44-41-38-35-21-18-15-12-9-6-3)61-55(58)49-46-43-40-37-34-32-29-25-23-20-17-14-11-8-5-2/h19,22,26-27,52H,4-18,20-21,23-25,28-51H2,1-3H3/b22-19-,27-26-. The Balaban J connectivity index is 4.30. The monoisotopic (exact) mass is 859 g/mol. The van der Waals surface area contributed by atoms with Gasteiger partial charge in [0.1, 0.15) is 13.2 Å². The summed E-state index contributed by atoms with van der Waals surface area (Å²) >= 11 is 0. The van der Waals surface area contributed by atoms with Gasteiger partial charge in [0.25, 0.3) is 0 Å². The van der Waals surface area contributed by atoms with Gasteiger partial charge in [-0.3, -0.25) is 14.4 Å². The van der Waals surface area contributed by atoms with Crippen LogP contribution in [-0.2, 0) is 28.6 Å². The van der Waals surface area contributed by atoms with Gasteiger partial charge in [0, 0.05) is 19.3 Å². The molecule has 0 saturated heterocycles. The molecule has 0 fully saturated rings. The molecular formula is C55H102O6. The highest BCUT2D eigenvalue weighted by molar-refractivity contribution is 5.71. The third-order valence-corrected chi connectivity index (χ3v) is 12.0. The summed E-state index contributed by atoms with van der Waals surface area (Å²) in [6.07, 6.45) is 57.3. The molecule has 0 saturated carbocycles. The van der Waals surface area contributed by atoms with Gasteiger partial charge < -0.3 is 14.2 Å². The molecule has 358 valence electrons. The number of hydrogen-bond donors (Lipinski definition) is 0. The summed E-state index contributed by atoms with van der Waals surface area (Å²) in [5.41, 5.74) is 0. The Bertz CT molecular complexity index is 989. The summed E-state index contributed by atoms with van der Waals surface area (Å²) in [7, 11) is 0. The van der Waals surface area contributed by atoms with E-state index in [1.165, 1.54) is 180 Å². The number of carbonyl (C=O) groups excluding carboxylic acids is 3. The van der Waals surface area contributed by atoms with Gasteiger partial charge in [-0.05, 0) is 51.4 Å². The number of hydrogen-bond acceptors (Lipinski definition) is 6. The molecule has 1 unspecified atom stereocenters. The third kappa shape index (κ3) is 48.8. The van der Waals surface area contributed by atoms with E-state index in [9.17, 15) is 14.4 Å². The van der Waals surface area contributed by atoms with Crippen molar-refractivity contribution in [2.45, 2.75) is 297 Å². The van der Waals surface area contributed by atoms with Gasteiger partial charge in [0.2, 0.25) is 0 Å². The lowest BCUT2D eigenvalue weighted by Crippen LogP contribution is -2.30. The fourth-order valence-corrected chi connectivity index (χ4v) is 7.89. The van der Waals surface area contributed by atoms with Crippen molar-refractivity contribution in [3.05, 3.63) is 24.3 Å². The summed E-state index contributed by atoms with van der Waals surface area (Å²) in [6, 6.07) is 0. The second kappa shape index (κ2) is 50.5. The molecule has 1 atom stereocenters. The van der Waals surface area contributed by atoms with Crippen LogP contribution in [0.4, 0.5) is 0 Å². The van der Waals surface area contributed by atoms with Crippen LogP contribution in [0.1, 0.15) is 290 Å². The average Bonchev–Trinajstić information content (AvgIpc) is 3.26. The Hall–Kier alpha value is -2.11. The second-order valence-corrected chi connectivity index (χ2v) is 18.2. The number of ether oxygens (including phenoxy) is 3. The van der Waals surface area contributed by atoms with Gasteiger partial charge in [-0.25, -0.2) is 0 Å². The van der Waals surface area contributed by atoms with Gasteiger partial charge in [-0.2, -0.15) is 0 Å². The number of rotatable bonds is 49. The number of esters is 3. The number of unbranched alkanes of at least 4 members (excludes halogenated alkanes) is 34. The van der Waals surface area contributed by atoms with Crippen molar-refractivity contribution in [3.8, 4) is 0 Å². The highest BCUT2D eigenvalue weighted by atomic mass is 16.6. The molecule has 0 aliphatic carbocycles. The van der Waals surface area contributed by atoms with Crippen molar-refractivity contribution in [2.24, 2.45) is 0 Å². The molecule has 0 aromatic rings. The van der Waals surface area contributed by atoms with Crippen LogP contribution in [0, 0.1) is 0 Å². The van der Waals surface area contributed by atoms with Gasteiger partial charge in [-0.1, -0.05) is 244 Å². The van der Waals surface area contributed by atoms with E-state index in [0.29, 0.717) is 19.3 Å². The van der Waals surface area contributed by atoms with Crippen molar-refractivity contribution in [2.75, 3.05) is 13.2 Å². The SMILES string of the molecule is CCCCCC/C=C\C/C=C\CCCCCCCCCC(=O)OCC(COC(=O)CCCCCCCCCCCC)OC(=O)CCCCCCCCCCCCCCCCC. The zero-order valence-electron chi connectivity index (χ0n) is 40.9. The Morgan fingerprint density at radius 2 is 0.590 bits per heavy atom. The maximum atomic E-state index is 12.8. The molecule has 6 nitrogen and oxygen atoms in total. The Morgan fingerprint density at radius 3 is 0.918 bits per heavy atom. The van der Waals surface area contributed by atoms with E-state index in [1.54, 1.807) is 0 Å². The molecule has 61 heavy (non-hydrogen) atoms. The number of carbonyl (C=O) groups is 3. The van der Waals surface area contributed by atoms with E-state index in [0.717, 1.165) is 70.6 Å². The molecule has 0 radical (unpaired) electrons. The van der Waals surface area contributed by atoms with Gasteiger partial charge in [-0.15, -0.1) is 0 Å². The highest BCUT2D eigenvalue weighted by Crippen LogP contribution is 2.16. The third-order valence-electron chi connectivity index (χ3n) is 12.0. The van der Waals surface area contributed by atoms with Crippen LogP contribution in [0.2, 0.25) is 0 Å². The topological polar surface area (TPSA) is 78.9 Å². The molecule has 0 spiro atoms. The van der Waals surface area contributed by atoms with E-state index in [1.807, 2.05) is 0 Å². The van der Waals surface area contributed by atoms with Crippen LogP contribution < -0.4 is 0 Å². The molecule has 0 aliphatic heterocycles. The minimum Gasteiger partial charge on any atom is -0.462 e. The first-order valence-electron chi connectivity index (χ1n) is 26.8. The Kier molecular flexibility index (Phi) is 48.8. The van der Waals surface area contributed by atoms with Crippen LogP contribution >= 0.6 is 0 Å². The molecule has 0 rings (SSSR count). The lowest BCUT2D eigenvalue weighted by molar-refractivity contribution is -0.167. The largest absolute Gasteiger partial charge is 0.462 e. The maximum Gasteiger partial charge on any atom is 0.306 e. The molecule has 0 heterocycles. The van der Waals surface area contributed by atoms with E-state index in [-0.39, 0.29) is 31.1 Å². The zero-order chi connectivity index (χ0) is 44.4. The summed E-state index contributed by atoms with van der Waals surface area (Å²) in [5, 5.41) is 0. The van der Waals surface area contributed by atoms with Gasteiger partial charge in [0.15, 0.2) is 6.10 Å². The predicted octanol–water partition coefficient (Wildman–Crippen LogP) is 17.5. The maximum absolute atomic E-state index is 12.8. The molecule has 0 aromatic carbocycles. The van der Waals surface area contributed by atoms with Crippen LogP contribution in [0.25, 0.3) is 0 Å². The van der Waals surface area contributed by atoms with E-state index >= 15 is 0 Å². The van der Waals surface area contributed by atoms with Crippen molar-refractivity contribution in [1.29, 1.82) is 0 Å². The number of allylic oxidation sites excluding steroid dienone is 4. The summed E-state index contributed by atoms with van der Waals surface area (Å²) in [4.78, 5) is 37.9. The smallest absolute Gasteiger partial charge is 0.306 e. The first kappa shape index (κ1) is 58.9. The van der Waals surface area contributed by atoms with Gasteiger partial charge >= 0.3 is 17.9 Å². The first-order chi connectivity index (χ1) is 30.0. The molecule has 0 N–H and O–H groups in total. The summed E-state index contributed by atoms with van der Waals surface area (Å²) < 4.78 is 16.8. The van der Waals surface area contributed by atoms with Crippen molar-refractivity contribution in [1.82, 2.24) is 0 Å². The van der Waals surface area contributed by atoms with Crippen LogP contribution in [0.5, 0.6) is 0 Å². The van der Waals surface area contributed by atoms with Crippen LogP contribution in [-0.4, -0.2) is 37.2 Å². The molecule has 0 aliphatic rings. The highest BCUT2D eigenvalue weighted by Gasteiger charge is 2.19. The second-order valence-electron chi connectivity index (χ2n) is 18.2. The van der Waals surface area contributed by atoms with Crippen molar-refractivity contribution < 1.29 is 28.6 Å². The van der Waals surface area contributed by atoms with Crippen molar-refractivity contribution >= 4 is 17.9 Å². The molecule has 0 bridgehead atoms. The fourth-order valence-electron chi connectivity index (χ4n) is 7.89. The van der Waals surface area contributed by atoms with Crippen molar-refractivity contribution in [3.63, 3.8) is 0 Å². The van der Waals surface area contributed by atoms with Crippen LogP contribution in [0.3, 0.4) is 0 Å². The van der Waals surface area contributed by atoms with Crippen LogP contribution in [0.15, 0.2) is 24.3 Å². The van der Waals surface area contributed by atoms with E-state index < -0.39 is 6.10 Å². The lowest BCUT2D eigenvalue weighted by atomic mass is 10.0. The molecule has 0 amide bonds. The van der Waals surface area contributed by atoms with Gasteiger partial charge in [0.05, 0.1) is 0 Å². The normalized spacial score (nSPS) is 12.1. The van der Waals surface area contributed by atoms with E-state index in [2.05, 4.69) is 45.1 Å². The Morgan fingerprint density at radius 1 is 0.328 bits per heavy atom. The molecule has 6 heteroatoms. The summed E-state index contributed by atoms with van der Waals surface area (Å²) in [6.45, 7) is 6.64. The first-order valence-corrected chi connectivity index (χ1v) is 26.8. The zero-order valence-corrected chi connectivity index (χ0v) is 40.9. The predicted molar refractivity (Wildman–Crippen MR) is 261 cm³/mol. The average molecular weight is 859 g/mol. The minimum absolute atomic E-state index is 0.0689.